The van der Waals surface area contributed by atoms with Gasteiger partial charge in [0, 0.05) is 5.56 Å². The van der Waals surface area contributed by atoms with Gasteiger partial charge in [-0.3, -0.25) is 0 Å². The van der Waals surface area contributed by atoms with Gasteiger partial charge in [0.05, 0.1) is 5.69 Å². The summed E-state index contributed by atoms with van der Waals surface area (Å²) in [7, 11) is 0. The van der Waals surface area contributed by atoms with Gasteiger partial charge in [-0.2, -0.15) is 4.99 Å². The topological polar surface area (TPSA) is 29.4 Å². The summed E-state index contributed by atoms with van der Waals surface area (Å²) in [5, 5.41) is 0. The Balaban J connectivity index is 3.32. The molecule has 0 atom stereocenters. The van der Waals surface area contributed by atoms with Crippen molar-refractivity contribution in [2.75, 3.05) is 0 Å². The zero-order chi connectivity index (χ0) is 11.4. The fraction of sp³-hybridized carbons (Fsp3) is 0.308. The van der Waals surface area contributed by atoms with Crippen LogP contribution in [0.1, 0.15) is 37.8 Å². The third-order valence-corrected chi connectivity index (χ3v) is 2.31. The normalized spacial score (nSPS) is 9.87. The van der Waals surface area contributed by atoms with Gasteiger partial charge in [0.15, 0.2) is 0 Å². The molecule has 0 fully saturated rings. The number of allylic oxidation sites excluding steroid dienone is 1. The van der Waals surface area contributed by atoms with Crippen molar-refractivity contribution < 1.29 is 4.79 Å². The van der Waals surface area contributed by atoms with E-state index >= 15 is 0 Å². The minimum atomic E-state index is 0.421. The summed E-state index contributed by atoms with van der Waals surface area (Å²) in [4.78, 5) is 14.0. The largest absolute Gasteiger partial charge is 0.240 e. The first kappa shape index (κ1) is 11.4. The fourth-order valence-electron chi connectivity index (χ4n) is 1.41. The SMILES string of the molecule is C=C(C)c1ccc(C(C)C)cc1N=C=O. The Morgan fingerprint density at radius 1 is 1.47 bits per heavy atom. The molecule has 0 saturated heterocycles. The van der Waals surface area contributed by atoms with E-state index in [0.29, 0.717) is 11.6 Å². The van der Waals surface area contributed by atoms with Gasteiger partial charge in [0.25, 0.3) is 0 Å². The molecule has 15 heavy (non-hydrogen) atoms. The molecule has 0 heterocycles. The molecule has 1 rings (SSSR count). The molecule has 2 heteroatoms. The maximum absolute atomic E-state index is 10.3. The number of hydrogen-bond donors (Lipinski definition) is 0. The minimum absolute atomic E-state index is 0.421. The van der Waals surface area contributed by atoms with Crippen LogP contribution in [0.5, 0.6) is 0 Å². The first-order chi connectivity index (χ1) is 7.06. The highest BCUT2D eigenvalue weighted by atomic mass is 16.1. The van der Waals surface area contributed by atoms with Crippen LogP contribution in [0, 0.1) is 0 Å². The highest BCUT2D eigenvalue weighted by Gasteiger charge is 2.06. The number of nitrogens with zero attached hydrogens (tertiary/aromatic N) is 1. The molecule has 78 valence electrons. The second kappa shape index (κ2) is 4.72. The van der Waals surface area contributed by atoms with Crippen molar-refractivity contribution >= 4 is 17.3 Å². The quantitative estimate of drug-likeness (QED) is 0.540. The molecule has 0 spiro atoms. The van der Waals surface area contributed by atoms with E-state index in [1.165, 1.54) is 0 Å². The number of isocyanates is 1. The van der Waals surface area contributed by atoms with E-state index in [1.807, 2.05) is 25.1 Å². The van der Waals surface area contributed by atoms with E-state index < -0.39 is 0 Å². The van der Waals surface area contributed by atoms with Crippen LogP contribution in [-0.4, -0.2) is 6.08 Å². The summed E-state index contributed by atoms with van der Waals surface area (Å²) in [5.41, 5.74) is 3.62. The van der Waals surface area contributed by atoms with Crippen molar-refractivity contribution in [3.8, 4) is 0 Å². The standard InChI is InChI=1S/C13H15NO/c1-9(2)11-5-6-12(10(3)4)13(7-11)14-8-15/h5-7,9H,3H2,1-2,4H3. The number of benzene rings is 1. The van der Waals surface area contributed by atoms with Crippen molar-refractivity contribution in [1.82, 2.24) is 0 Å². The van der Waals surface area contributed by atoms with Crippen molar-refractivity contribution in [3.05, 3.63) is 35.9 Å². The summed E-state index contributed by atoms with van der Waals surface area (Å²) in [6, 6.07) is 5.91. The first-order valence-electron chi connectivity index (χ1n) is 4.94. The van der Waals surface area contributed by atoms with Crippen molar-refractivity contribution in [2.45, 2.75) is 26.7 Å². The number of hydrogen-bond acceptors (Lipinski definition) is 2. The van der Waals surface area contributed by atoms with E-state index in [1.54, 1.807) is 6.08 Å². The van der Waals surface area contributed by atoms with Crippen LogP contribution < -0.4 is 0 Å². The van der Waals surface area contributed by atoms with Crippen LogP contribution in [0.15, 0.2) is 29.8 Å². The fourth-order valence-corrected chi connectivity index (χ4v) is 1.41. The Kier molecular flexibility index (Phi) is 3.59. The predicted molar refractivity (Wildman–Crippen MR) is 63.0 cm³/mol. The molecule has 0 N–H and O–H groups in total. The van der Waals surface area contributed by atoms with Crippen LogP contribution in [0.3, 0.4) is 0 Å². The van der Waals surface area contributed by atoms with Gasteiger partial charge in [0.2, 0.25) is 6.08 Å². The molecule has 2 nitrogen and oxygen atoms in total. The van der Waals surface area contributed by atoms with E-state index in [0.717, 1.165) is 16.7 Å². The van der Waals surface area contributed by atoms with Crippen molar-refractivity contribution in [2.24, 2.45) is 4.99 Å². The molecule has 0 aliphatic heterocycles. The molecule has 0 amide bonds. The lowest BCUT2D eigenvalue weighted by Gasteiger charge is -2.09. The van der Waals surface area contributed by atoms with Crippen LogP contribution in [0.2, 0.25) is 0 Å². The third-order valence-electron chi connectivity index (χ3n) is 2.31. The van der Waals surface area contributed by atoms with E-state index in [-0.39, 0.29) is 0 Å². The Labute approximate surface area is 90.4 Å². The molecular formula is C13H15NO. The number of rotatable bonds is 3. The molecule has 0 aliphatic rings. The van der Waals surface area contributed by atoms with Crippen molar-refractivity contribution in [3.63, 3.8) is 0 Å². The van der Waals surface area contributed by atoms with Crippen LogP contribution in [0.25, 0.3) is 5.57 Å². The van der Waals surface area contributed by atoms with Crippen LogP contribution >= 0.6 is 0 Å². The lowest BCUT2D eigenvalue weighted by molar-refractivity contribution is 0.565. The maximum Gasteiger partial charge on any atom is 0.240 e. The van der Waals surface area contributed by atoms with Gasteiger partial charge in [-0.25, -0.2) is 4.79 Å². The summed E-state index contributed by atoms with van der Waals surface area (Å²) in [5.74, 6) is 0.421. The smallest absolute Gasteiger partial charge is 0.211 e. The van der Waals surface area contributed by atoms with E-state index in [2.05, 4.69) is 25.4 Å². The Bertz CT molecular complexity index is 426. The molecule has 0 bridgehead atoms. The number of carbonyl (C=O) groups excluding carboxylic acids is 1. The Morgan fingerprint density at radius 3 is 2.60 bits per heavy atom. The average Bonchev–Trinajstić information content (AvgIpc) is 2.17. The summed E-state index contributed by atoms with van der Waals surface area (Å²) in [6.07, 6.45) is 1.58. The van der Waals surface area contributed by atoms with Crippen molar-refractivity contribution in [1.29, 1.82) is 0 Å². The second-order valence-corrected chi connectivity index (χ2v) is 3.91. The number of aliphatic imine (C=N–C) groups is 1. The third kappa shape index (κ3) is 2.64. The summed E-state index contributed by atoms with van der Waals surface area (Å²) < 4.78 is 0. The predicted octanol–water partition coefficient (Wildman–Crippen LogP) is 3.81. The van der Waals surface area contributed by atoms with Crippen LogP contribution in [0.4, 0.5) is 5.69 Å². The van der Waals surface area contributed by atoms with E-state index in [9.17, 15) is 4.79 Å². The molecular weight excluding hydrogens is 186 g/mol. The molecule has 1 aromatic carbocycles. The molecule has 0 aromatic heterocycles. The van der Waals surface area contributed by atoms with E-state index in [4.69, 9.17) is 0 Å². The monoisotopic (exact) mass is 201 g/mol. The molecule has 0 saturated carbocycles. The summed E-state index contributed by atoms with van der Waals surface area (Å²) in [6.45, 7) is 9.95. The zero-order valence-corrected chi connectivity index (χ0v) is 9.37. The molecule has 1 aromatic rings. The van der Waals surface area contributed by atoms with Gasteiger partial charge in [0.1, 0.15) is 0 Å². The lowest BCUT2D eigenvalue weighted by atomic mass is 9.98. The highest BCUT2D eigenvalue weighted by Crippen LogP contribution is 2.28. The molecule has 0 radical (unpaired) electrons. The Morgan fingerprint density at radius 2 is 2.13 bits per heavy atom. The van der Waals surface area contributed by atoms with Gasteiger partial charge in [-0.1, -0.05) is 32.6 Å². The van der Waals surface area contributed by atoms with Gasteiger partial charge < -0.3 is 0 Å². The lowest BCUT2D eigenvalue weighted by Crippen LogP contribution is -1.88. The highest BCUT2D eigenvalue weighted by molar-refractivity contribution is 5.74. The van der Waals surface area contributed by atoms with Gasteiger partial charge in [-0.15, -0.1) is 0 Å². The first-order valence-corrected chi connectivity index (χ1v) is 4.94. The zero-order valence-electron chi connectivity index (χ0n) is 9.37. The Hall–Kier alpha value is -1.66. The summed E-state index contributed by atoms with van der Waals surface area (Å²) >= 11 is 0. The molecule has 0 unspecified atom stereocenters. The van der Waals surface area contributed by atoms with Crippen LogP contribution in [-0.2, 0) is 4.79 Å². The average molecular weight is 201 g/mol. The second-order valence-electron chi connectivity index (χ2n) is 3.91. The molecule has 0 aliphatic carbocycles. The van der Waals surface area contributed by atoms with Gasteiger partial charge >= 0.3 is 0 Å². The van der Waals surface area contributed by atoms with Gasteiger partial charge in [-0.05, 0) is 30.0 Å². The minimum Gasteiger partial charge on any atom is -0.211 e. The maximum atomic E-state index is 10.3.